The topological polar surface area (TPSA) is 41.5 Å². The van der Waals surface area contributed by atoms with Crippen LogP contribution in [0, 0.1) is 0 Å². The minimum atomic E-state index is -0.114. The van der Waals surface area contributed by atoms with Crippen LogP contribution in [0.3, 0.4) is 0 Å². The van der Waals surface area contributed by atoms with Gasteiger partial charge in [-0.1, -0.05) is 60.7 Å². The Morgan fingerprint density at radius 2 is 1.64 bits per heavy atom. The minimum Gasteiger partial charge on any atom is -0.300 e. The van der Waals surface area contributed by atoms with Crippen LogP contribution >= 0.6 is 11.8 Å². The zero-order valence-corrected chi connectivity index (χ0v) is 12.6. The Balaban J connectivity index is 1.71. The molecular weight excluding hydrogens is 292 g/mol. The molecule has 1 aliphatic heterocycles. The lowest BCUT2D eigenvalue weighted by Crippen LogP contribution is -2.19. The highest BCUT2D eigenvalue weighted by atomic mass is 32.2. The molecule has 0 saturated carbocycles. The molecule has 0 radical (unpaired) electrons. The molecule has 0 aromatic heterocycles. The largest absolute Gasteiger partial charge is 0.300 e. The van der Waals surface area contributed by atoms with Gasteiger partial charge in [0.15, 0.2) is 5.17 Å². The number of para-hydroxylation sites is 1. The number of benzene rings is 2. The molecule has 2 aromatic carbocycles. The first kappa shape index (κ1) is 14.4. The quantitative estimate of drug-likeness (QED) is 0.866. The summed E-state index contributed by atoms with van der Waals surface area (Å²) in [6.45, 7) is 0. The van der Waals surface area contributed by atoms with Crippen molar-refractivity contribution in [2.24, 2.45) is 4.99 Å². The fourth-order valence-electron chi connectivity index (χ4n) is 1.93. The molecule has 2 aromatic rings. The van der Waals surface area contributed by atoms with Crippen molar-refractivity contribution >= 4 is 34.6 Å². The van der Waals surface area contributed by atoms with E-state index in [4.69, 9.17) is 0 Å². The Hall–Kier alpha value is -2.59. The molecule has 1 aliphatic rings. The molecule has 4 heteroatoms. The zero-order chi connectivity index (χ0) is 15.2. The predicted molar refractivity (Wildman–Crippen MR) is 92.8 cm³/mol. The van der Waals surface area contributed by atoms with Gasteiger partial charge >= 0.3 is 0 Å². The molecule has 0 bridgehead atoms. The number of aliphatic imine (C=N–C) groups is 1. The van der Waals surface area contributed by atoms with Gasteiger partial charge in [0.2, 0.25) is 0 Å². The van der Waals surface area contributed by atoms with Gasteiger partial charge in [0.1, 0.15) is 0 Å². The highest BCUT2D eigenvalue weighted by Crippen LogP contribution is 2.26. The van der Waals surface area contributed by atoms with Crippen molar-refractivity contribution in [1.29, 1.82) is 0 Å². The summed E-state index contributed by atoms with van der Waals surface area (Å²) < 4.78 is 0. The second kappa shape index (κ2) is 6.91. The summed E-state index contributed by atoms with van der Waals surface area (Å²) >= 11 is 1.35. The molecule has 0 spiro atoms. The van der Waals surface area contributed by atoms with E-state index in [1.54, 1.807) is 6.08 Å². The summed E-state index contributed by atoms with van der Waals surface area (Å²) in [4.78, 5) is 17.0. The highest BCUT2D eigenvalue weighted by molar-refractivity contribution is 8.18. The fourth-order valence-corrected chi connectivity index (χ4v) is 2.72. The third-order valence-corrected chi connectivity index (χ3v) is 3.90. The maximum absolute atomic E-state index is 11.9. The van der Waals surface area contributed by atoms with Crippen LogP contribution in [-0.4, -0.2) is 11.1 Å². The molecule has 3 nitrogen and oxygen atoms in total. The van der Waals surface area contributed by atoms with Gasteiger partial charge in [-0.2, -0.15) is 0 Å². The van der Waals surface area contributed by atoms with E-state index in [9.17, 15) is 4.79 Å². The van der Waals surface area contributed by atoms with Gasteiger partial charge in [-0.3, -0.25) is 4.79 Å². The molecule has 1 fully saturated rings. The standard InChI is InChI=1S/C18H14N2OS/c21-17-16(13-7-10-14-8-3-1-4-9-14)22-18(20-17)19-15-11-5-2-6-12-15/h1-13H,(H,19,20,21). The van der Waals surface area contributed by atoms with Crippen LogP contribution in [-0.2, 0) is 4.79 Å². The first-order valence-electron chi connectivity index (χ1n) is 6.87. The number of hydrogen-bond acceptors (Lipinski definition) is 3. The molecular formula is C18H14N2OS. The predicted octanol–water partition coefficient (Wildman–Crippen LogP) is 4.13. The second-order valence-corrected chi connectivity index (χ2v) is 5.64. The maximum Gasteiger partial charge on any atom is 0.264 e. The van der Waals surface area contributed by atoms with E-state index in [0.717, 1.165) is 11.3 Å². The van der Waals surface area contributed by atoms with E-state index >= 15 is 0 Å². The van der Waals surface area contributed by atoms with Crippen molar-refractivity contribution in [3.05, 3.63) is 83.3 Å². The van der Waals surface area contributed by atoms with Crippen molar-refractivity contribution in [1.82, 2.24) is 5.32 Å². The lowest BCUT2D eigenvalue weighted by molar-refractivity contribution is -0.115. The Labute approximate surface area is 133 Å². The van der Waals surface area contributed by atoms with Crippen molar-refractivity contribution in [2.75, 3.05) is 0 Å². The summed E-state index contributed by atoms with van der Waals surface area (Å²) in [5, 5.41) is 3.38. The van der Waals surface area contributed by atoms with E-state index in [1.165, 1.54) is 11.8 Å². The molecule has 3 rings (SSSR count). The van der Waals surface area contributed by atoms with Crippen LogP contribution < -0.4 is 5.32 Å². The van der Waals surface area contributed by atoms with E-state index in [-0.39, 0.29) is 5.91 Å². The fraction of sp³-hybridized carbons (Fsp3) is 0. The summed E-state index contributed by atoms with van der Waals surface area (Å²) in [5.74, 6) is -0.114. The highest BCUT2D eigenvalue weighted by Gasteiger charge is 2.22. The van der Waals surface area contributed by atoms with E-state index in [1.807, 2.05) is 72.8 Å². The van der Waals surface area contributed by atoms with Crippen LogP contribution in [0.4, 0.5) is 5.69 Å². The molecule has 0 atom stereocenters. The first-order valence-corrected chi connectivity index (χ1v) is 7.69. The molecule has 22 heavy (non-hydrogen) atoms. The Bertz CT molecular complexity index is 749. The molecule has 1 saturated heterocycles. The summed E-state index contributed by atoms with van der Waals surface area (Å²) in [5.41, 5.74) is 1.92. The first-order chi connectivity index (χ1) is 10.8. The Morgan fingerprint density at radius 1 is 0.955 bits per heavy atom. The van der Waals surface area contributed by atoms with Crippen LogP contribution in [0.5, 0.6) is 0 Å². The van der Waals surface area contributed by atoms with Crippen LogP contribution in [0.2, 0.25) is 0 Å². The second-order valence-electron chi connectivity index (χ2n) is 4.61. The van der Waals surface area contributed by atoms with Gasteiger partial charge in [-0.05, 0) is 35.5 Å². The summed E-state index contributed by atoms with van der Waals surface area (Å²) in [6.07, 6.45) is 5.65. The molecule has 1 N–H and O–H groups in total. The number of carbonyl (C=O) groups is 1. The third kappa shape index (κ3) is 3.74. The van der Waals surface area contributed by atoms with Crippen LogP contribution in [0.15, 0.2) is 82.7 Å². The third-order valence-electron chi connectivity index (χ3n) is 2.97. The average molecular weight is 306 g/mol. The Morgan fingerprint density at radius 3 is 2.36 bits per heavy atom. The monoisotopic (exact) mass is 306 g/mol. The number of nitrogens with zero attached hydrogens (tertiary/aromatic N) is 1. The van der Waals surface area contributed by atoms with Crippen molar-refractivity contribution in [2.45, 2.75) is 0 Å². The molecule has 1 heterocycles. The number of thioether (sulfide) groups is 1. The number of amidine groups is 1. The maximum atomic E-state index is 11.9. The van der Waals surface area contributed by atoms with Crippen molar-refractivity contribution in [3.63, 3.8) is 0 Å². The number of carbonyl (C=O) groups excluding carboxylic acids is 1. The van der Waals surface area contributed by atoms with Crippen molar-refractivity contribution in [3.8, 4) is 0 Å². The average Bonchev–Trinajstić information content (AvgIpc) is 2.89. The number of nitrogens with one attached hydrogen (secondary N) is 1. The minimum absolute atomic E-state index is 0.114. The number of amides is 1. The molecule has 0 aliphatic carbocycles. The van der Waals surface area contributed by atoms with Crippen LogP contribution in [0.1, 0.15) is 5.56 Å². The number of hydrogen-bond donors (Lipinski definition) is 1. The molecule has 1 amide bonds. The van der Waals surface area contributed by atoms with Gasteiger partial charge in [0.05, 0.1) is 10.6 Å². The van der Waals surface area contributed by atoms with E-state index in [2.05, 4.69) is 10.3 Å². The van der Waals surface area contributed by atoms with E-state index in [0.29, 0.717) is 10.1 Å². The van der Waals surface area contributed by atoms with Gasteiger partial charge in [-0.25, -0.2) is 4.99 Å². The lowest BCUT2D eigenvalue weighted by atomic mass is 10.2. The Kier molecular flexibility index (Phi) is 4.51. The van der Waals surface area contributed by atoms with Crippen LogP contribution in [0.25, 0.3) is 6.08 Å². The zero-order valence-electron chi connectivity index (χ0n) is 11.8. The summed E-state index contributed by atoms with van der Waals surface area (Å²) in [7, 11) is 0. The normalized spacial score (nSPS) is 18.3. The molecule has 108 valence electrons. The van der Waals surface area contributed by atoms with Gasteiger partial charge in [0, 0.05) is 0 Å². The summed E-state index contributed by atoms with van der Waals surface area (Å²) in [6, 6.07) is 19.5. The van der Waals surface area contributed by atoms with Gasteiger partial charge < -0.3 is 5.32 Å². The number of allylic oxidation sites excluding steroid dienone is 2. The number of rotatable bonds is 3. The smallest absolute Gasteiger partial charge is 0.264 e. The van der Waals surface area contributed by atoms with Crippen molar-refractivity contribution < 1.29 is 4.79 Å². The molecule has 0 unspecified atom stereocenters. The van der Waals surface area contributed by atoms with E-state index < -0.39 is 0 Å². The lowest BCUT2D eigenvalue weighted by Gasteiger charge is -1.94. The van der Waals surface area contributed by atoms with Gasteiger partial charge in [0.25, 0.3) is 5.91 Å². The SMILES string of the molecule is O=C1NC(=Nc2ccccc2)SC1=CC=Cc1ccccc1. The van der Waals surface area contributed by atoms with Gasteiger partial charge in [-0.15, -0.1) is 0 Å².